The number of rotatable bonds is 9. The Morgan fingerprint density at radius 2 is 2.14 bits per heavy atom. The Morgan fingerprint density at radius 1 is 1.29 bits per heavy atom. The van der Waals surface area contributed by atoms with E-state index in [9.17, 15) is 4.79 Å². The Bertz CT molecular complexity index is 942. The number of oxazole rings is 1. The van der Waals surface area contributed by atoms with Gasteiger partial charge in [0.25, 0.3) is 0 Å². The van der Waals surface area contributed by atoms with Crippen LogP contribution in [-0.2, 0) is 11.2 Å². The van der Waals surface area contributed by atoms with Gasteiger partial charge in [0.1, 0.15) is 23.3 Å². The van der Waals surface area contributed by atoms with Gasteiger partial charge < -0.3 is 23.4 Å². The lowest BCUT2D eigenvalue weighted by Crippen LogP contribution is -2.11. The zero-order valence-electron chi connectivity index (χ0n) is 15.6. The molecule has 1 N–H and O–H groups in total. The average molecular weight is 383 g/mol. The van der Waals surface area contributed by atoms with E-state index in [1.165, 1.54) is 19.6 Å². The lowest BCUT2D eigenvalue weighted by molar-refractivity contribution is -0.131. The van der Waals surface area contributed by atoms with Crippen molar-refractivity contribution in [1.29, 1.82) is 0 Å². The third kappa shape index (κ3) is 4.82. The molecule has 3 aromatic rings. The number of aliphatic carboxylic acids is 1. The molecule has 0 saturated carbocycles. The summed E-state index contributed by atoms with van der Waals surface area (Å²) in [4.78, 5) is 15.0. The Kier molecular flexibility index (Phi) is 6.16. The van der Waals surface area contributed by atoms with Crippen molar-refractivity contribution in [3.05, 3.63) is 71.8 Å². The Balaban J connectivity index is 1.83. The molecule has 0 spiro atoms. The number of hydrogen-bond donors (Lipinski definition) is 1. The maximum absolute atomic E-state index is 10.7. The summed E-state index contributed by atoms with van der Waals surface area (Å²) in [7, 11) is 1.53. The van der Waals surface area contributed by atoms with Crippen LogP contribution >= 0.6 is 0 Å². The first-order chi connectivity index (χ1) is 13.6. The molecule has 2 heterocycles. The molecule has 1 unspecified atom stereocenters. The average Bonchev–Trinajstić information content (AvgIpc) is 3.35. The van der Waals surface area contributed by atoms with Crippen molar-refractivity contribution in [2.75, 3.05) is 7.11 Å². The molecule has 2 aromatic heterocycles. The van der Waals surface area contributed by atoms with Crippen LogP contribution in [0.15, 0.2) is 57.9 Å². The number of nitrogens with zero attached hydrogens (tertiary/aromatic N) is 1. The van der Waals surface area contributed by atoms with Gasteiger partial charge in [0.15, 0.2) is 17.9 Å². The minimum atomic E-state index is -1.02. The van der Waals surface area contributed by atoms with Gasteiger partial charge in [-0.15, -0.1) is 0 Å². The van der Waals surface area contributed by atoms with E-state index in [1.807, 2.05) is 19.1 Å². The van der Waals surface area contributed by atoms with Crippen molar-refractivity contribution in [2.45, 2.75) is 25.9 Å². The molecular weight excluding hydrogens is 362 g/mol. The highest BCUT2D eigenvalue weighted by molar-refractivity contribution is 5.85. The van der Waals surface area contributed by atoms with Gasteiger partial charge in [-0.1, -0.05) is 6.07 Å². The molecule has 7 nitrogen and oxygen atoms in total. The van der Waals surface area contributed by atoms with Crippen LogP contribution in [-0.4, -0.2) is 23.2 Å². The van der Waals surface area contributed by atoms with Gasteiger partial charge >= 0.3 is 5.97 Å². The van der Waals surface area contributed by atoms with Gasteiger partial charge in [0.2, 0.25) is 0 Å². The highest BCUT2D eigenvalue weighted by Crippen LogP contribution is 2.34. The van der Waals surface area contributed by atoms with Crippen LogP contribution < -0.4 is 9.47 Å². The standard InChI is InChI=1S/C21H21NO6/c1-14-21(22-13-27-14)18(9-7-16-4-3-11-26-16)28-17-8-5-15(6-10-20(23)24)12-19(17)25-2/h3-6,8,10-13,18H,7,9H2,1-2H3,(H,23,24). The first-order valence-corrected chi connectivity index (χ1v) is 8.75. The molecule has 0 aliphatic rings. The Morgan fingerprint density at radius 3 is 2.79 bits per heavy atom. The van der Waals surface area contributed by atoms with E-state index in [0.717, 1.165) is 11.8 Å². The molecular formula is C21H21NO6. The molecule has 0 saturated heterocycles. The number of carbonyl (C=O) groups is 1. The van der Waals surface area contributed by atoms with Crippen molar-refractivity contribution in [2.24, 2.45) is 0 Å². The molecule has 28 heavy (non-hydrogen) atoms. The number of furan rings is 1. The number of aryl methyl sites for hydroxylation is 2. The van der Waals surface area contributed by atoms with Crippen molar-refractivity contribution in [3.63, 3.8) is 0 Å². The molecule has 146 valence electrons. The van der Waals surface area contributed by atoms with E-state index in [4.69, 9.17) is 23.4 Å². The minimum Gasteiger partial charge on any atom is -0.493 e. The summed E-state index contributed by atoms with van der Waals surface area (Å²) in [6, 6.07) is 8.98. The lowest BCUT2D eigenvalue weighted by atomic mass is 10.1. The second-order valence-electron chi connectivity index (χ2n) is 6.10. The number of carboxylic acid groups (broad SMARTS) is 1. The van der Waals surface area contributed by atoms with Crippen molar-refractivity contribution in [3.8, 4) is 11.5 Å². The largest absolute Gasteiger partial charge is 0.493 e. The first-order valence-electron chi connectivity index (χ1n) is 8.75. The minimum absolute atomic E-state index is 0.363. The monoisotopic (exact) mass is 383 g/mol. The second-order valence-corrected chi connectivity index (χ2v) is 6.10. The predicted molar refractivity (Wildman–Crippen MR) is 101 cm³/mol. The summed E-state index contributed by atoms with van der Waals surface area (Å²) < 4.78 is 22.4. The molecule has 1 atom stereocenters. The third-order valence-electron chi connectivity index (χ3n) is 4.20. The molecule has 0 fully saturated rings. The summed E-state index contributed by atoms with van der Waals surface area (Å²) in [5, 5.41) is 8.78. The zero-order valence-corrected chi connectivity index (χ0v) is 15.6. The fourth-order valence-electron chi connectivity index (χ4n) is 2.81. The SMILES string of the molecule is COc1cc(C=CC(=O)O)ccc1OC(CCc1ccco1)c1ncoc1C. The van der Waals surface area contributed by atoms with Crippen LogP contribution in [0.4, 0.5) is 0 Å². The highest BCUT2D eigenvalue weighted by Gasteiger charge is 2.22. The van der Waals surface area contributed by atoms with Crippen molar-refractivity contribution >= 4 is 12.0 Å². The van der Waals surface area contributed by atoms with E-state index in [0.29, 0.717) is 41.4 Å². The lowest BCUT2D eigenvalue weighted by Gasteiger charge is -2.19. The molecule has 0 aliphatic carbocycles. The molecule has 1 aromatic carbocycles. The maximum Gasteiger partial charge on any atom is 0.328 e. The summed E-state index contributed by atoms with van der Waals surface area (Å²) in [5.74, 6) is 1.55. The third-order valence-corrected chi connectivity index (χ3v) is 4.20. The van der Waals surface area contributed by atoms with E-state index in [2.05, 4.69) is 4.98 Å². The van der Waals surface area contributed by atoms with Crippen LogP contribution in [0.5, 0.6) is 11.5 Å². The number of hydrogen-bond acceptors (Lipinski definition) is 6. The number of benzene rings is 1. The maximum atomic E-state index is 10.7. The van der Waals surface area contributed by atoms with Gasteiger partial charge in [-0.05, 0) is 49.2 Å². The van der Waals surface area contributed by atoms with Crippen LogP contribution in [0.25, 0.3) is 6.08 Å². The van der Waals surface area contributed by atoms with Gasteiger partial charge in [0.05, 0.1) is 13.4 Å². The first kappa shape index (κ1) is 19.3. The summed E-state index contributed by atoms with van der Waals surface area (Å²) >= 11 is 0. The van der Waals surface area contributed by atoms with Gasteiger partial charge in [-0.25, -0.2) is 9.78 Å². The molecule has 0 radical (unpaired) electrons. The smallest absolute Gasteiger partial charge is 0.328 e. The van der Waals surface area contributed by atoms with Crippen LogP contribution in [0.2, 0.25) is 0 Å². The van der Waals surface area contributed by atoms with Crippen LogP contribution in [0, 0.1) is 6.92 Å². The summed E-state index contributed by atoms with van der Waals surface area (Å²) in [6.45, 7) is 1.84. The topological polar surface area (TPSA) is 94.9 Å². The molecule has 0 aliphatic heterocycles. The van der Waals surface area contributed by atoms with Crippen LogP contribution in [0.3, 0.4) is 0 Å². The fraction of sp³-hybridized carbons (Fsp3) is 0.238. The Labute approximate surface area is 162 Å². The summed E-state index contributed by atoms with van der Waals surface area (Å²) in [6.07, 6.45) is 6.53. The highest BCUT2D eigenvalue weighted by atomic mass is 16.5. The molecule has 7 heteroatoms. The van der Waals surface area contributed by atoms with E-state index in [1.54, 1.807) is 24.5 Å². The van der Waals surface area contributed by atoms with Gasteiger partial charge in [-0.2, -0.15) is 0 Å². The number of aromatic nitrogens is 1. The van der Waals surface area contributed by atoms with E-state index >= 15 is 0 Å². The zero-order chi connectivity index (χ0) is 19.9. The predicted octanol–water partition coefficient (Wildman–Crippen LogP) is 4.44. The molecule has 0 amide bonds. The van der Waals surface area contributed by atoms with Crippen molar-refractivity contribution in [1.82, 2.24) is 4.98 Å². The molecule has 0 bridgehead atoms. The molecule has 3 rings (SSSR count). The number of methoxy groups -OCH3 is 1. The van der Waals surface area contributed by atoms with E-state index < -0.39 is 5.97 Å². The van der Waals surface area contributed by atoms with Gasteiger partial charge in [-0.3, -0.25) is 0 Å². The Hall–Kier alpha value is -3.48. The van der Waals surface area contributed by atoms with E-state index in [-0.39, 0.29) is 6.10 Å². The normalized spacial score (nSPS) is 12.2. The fourth-order valence-corrected chi connectivity index (χ4v) is 2.81. The van der Waals surface area contributed by atoms with Crippen LogP contribution in [0.1, 0.15) is 35.3 Å². The quantitative estimate of drug-likeness (QED) is 0.546. The number of carboxylic acids is 1. The number of ether oxygens (including phenoxy) is 2. The van der Waals surface area contributed by atoms with Gasteiger partial charge in [0, 0.05) is 12.5 Å². The van der Waals surface area contributed by atoms with Crippen molar-refractivity contribution < 1.29 is 28.2 Å². The second kappa shape index (κ2) is 8.94. The summed E-state index contributed by atoms with van der Waals surface area (Å²) in [5.41, 5.74) is 1.40.